The monoisotopic (exact) mass is 274 g/mol. The number of hydrogen-bond acceptors (Lipinski definition) is 2. The fraction of sp³-hybridized carbons (Fsp3) is 0.455. The largest absolute Gasteiger partial charge is 0.397 e. The van der Waals surface area contributed by atoms with E-state index in [0.717, 1.165) is 6.54 Å². The average Bonchev–Trinajstić information content (AvgIpc) is 2.07. The lowest BCUT2D eigenvalue weighted by Gasteiger charge is -2.20. The molecule has 0 saturated heterocycles. The summed E-state index contributed by atoms with van der Waals surface area (Å²) in [6.07, 6.45) is 0. The number of nitrogen functional groups attached to an aromatic ring is 1. The van der Waals surface area contributed by atoms with Gasteiger partial charge in [-0.3, -0.25) is 0 Å². The van der Waals surface area contributed by atoms with E-state index < -0.39 is 0 Å². The smallest absolute Gasteiger partial charge is 0.139 e. The maximum Gasteiger partial charge on any atom is 0.139 e. The Labute approximate surface area is 98.2 Å². The summed E-state index contributed by atoms with van der Waals surface area (Å²) in [6, 6.07) is 2.98. The molecule has 0 fully saturated rings. The van der Waals surface area contributed by atoms with Gasteiger partial charge in [0, 0.05) is 12.6 Å². The quantitative estimate of drug-likeness (QED) is 0.809. The van der Waals surface area contributed by atoms with Gasteiger partial charge < -0.3 is 11.1 Å². The number of nitrogens with two attached hydrogens (primary N) is 1. The van der Waals surface area contributed by atoms with Gasteiger partial charge in [-0.2, -0.15) is 0 Å². The lowest BCUT2D eigenvalue weighted by Crippen LogP contribution is -2.19. The molecule has 3 N–H and O–H groups in total. The second-order valence-electron chi connectivity index (χ2n) is 4.77. The molecule has 0 spiro atoms. The van der Waals surface area contributed by atoms with Gasteiger partial charge in [0.25, 0.3) is 0 Å². The Kier molecular flexibility index (Phi) is 3.60. The van der Waals surface area contributed by atoms with Gasteiger partial charge in [-0.25, -0.2) is 4.39 Å². The highest BCUT2D eigenvalue weighted by molar-refractivity contribution is 9.10. The Morgan fingerprint density at radius 3 is 2.53 bits per heavy atom. The summed E-state index contributed by atoms with van der Waals surface area (Å²) in [5.41, 5.74) is 7.09. The zero-order valence-electron chi connectivity index (χ0n) is 9.20. The molecule has 0 aliphatic heterocycles. The Hall–Kier alpha value is -0.770. The van der Waals surface area contributed by atoms with Gasteiger partial charge in [0.2, 0.25) is 0 Å². The SMILES string of the molecule is CC(C)(C)CNc1cc(F)c(Br)cc1N. The van der Waals surface area contributed by atoms with E-state index in [2.05, 4.69) is 42.0 Å². The molecule has 1 aromatic carbocycles. The number of rotatable bonds is 2. The van der Waals surface area contributed by atoms with Crippen LogP contribution in [0.5, 0.6) is 0 Å². The van der Waals surface area contributed by atoms with E-state index >= 15 is 0 Å². The Morgan fingerprint density at radius 2 is 2.00 bits per heavy atom. The topological polar surface area (TPSA) is 38.0 Å². The molecule has 0 aliphatic carbocycles. The van der Waals surface area contributed by atoms with Gasteiger partial charge in [0.1, 0.15) is 5.82 Å². The maximum absolute atomic E-state index is 13.2. The van der Waals surface area contributed by atoms with Crippen molar-refractivity contribution in [3.63, 3.8) is 0 Å². The van der Waals surface area contributed by atoms with Gasteiger partial charge in [-0.1, -0.05) is 20.8 Å². The van der Waals surface area contributed by atoms with Crippen LogP contribution in [-0.2, 0) is 0 Å². The second-order valence-corrected chi connectivity index (χ2v) is 5.62. The highest BCUT2D eigenvalue weighted by Gasteiger charge is 2.11. The van der Waals surface area contributed by atoms with Crippen molar-refractivity contribution in [3.8, 4) is 0 Å². The molecular formula is C11H16BrFN2. The molecular weight excluding hydrogens is 259 g/mol. The van der Waals surface area contributed by atoms with Crippen molar-refractivity contribution in [3.05, 3.63) is 22.4 Å². The number of nitrogens with one attached hydrogen (secondary N) is 1. The van der Waals surface area contributed by atoms with Crippen molar-refractivity contribution >= 4 is 27.3 Å². The van der Waals surface area contributed by atoms with Crippen LogP contribution in [0.2, 0.25) is 0 Å². The molecule has 0 saturated carbocycles. The van der Waals surface area contributed by atoms with Crippen molar-refractivity contribution < 1.29 is 4.39 Å². The van der Waals surface area contributed by atoms with E-state index in [-0.39, 0.29) is 11.2 Å². The molecule has 15 heavy (non-hydrogen) atoms. The molecule has 0 heterocycles. The van der Waals surface area contributed by atoms with E-state index in [0.29, 0.717) is 15.8 Å². The van der Waals surface area contributed by atoms with Crippen molar-refractivity contribution in [2.75, 3.05) is 17.6 Å². The van der Waals surface area contributed by atoms with Gasteiger partial charge in [-0.05, 0) is 27.4 Å². The average molecular weight is 275 g/mol. The Bertz CT molecular complexity index is 358. The van der Waals surface area contributed by atoms with Crippen LogP contribution in [-0.4, -0.2) is 6.54 Å². The fourth-order valence-corrected chi connectivity index (χ4v) is 1.44. The van der Waals surface area contributed by atoms with Gasteiger partial charge in [-0.15, -0.1) is 0 Å². The normalized spacial score (nSPS) is 11.5. The van der Waals surface area contributed by atoms with E-state index in [1.54, 1.807) is 6.07 Å². The van der Waals surface area contributed by atoms with Crippen LogP contribution in [0.25, 0.3) is 0 Å². The number of anilines is 2. The van der Waals surface area contributed by atoms with Crippen molar-refractivity contribution in [2.24, 2.45) is 5.41 Å². The maximum atomic E-state index is 13.2. The van der Waals surface area contributed by atoms with Crippen LogP contribution in [0.15, 0.2) is 16.6 Å². The molecule has 4 heteroatoms. The zero-order valence-corrected chi connectivity index (χ0v) is 10.8. The standard InChI is InChI=1S/C11H16BrFN2/c1-11(2,3)6-15-10-5-8(13)7(12)4-9(10)14/h4-5,15H,6,14H2,1-3H3. The van der Waals surface area contributed by atoms with E-state index in [9.17, 15) is 4.39 Å². The van der Waals surface area contributed by atoms with Crippen molar-refractivity contribution in [2.45, 2.75) is 20.8 Å². The lowest BCUT2D eigenvalue weighted by molar-refractivity contribution is 0.443. The molecule has 2 nitrogen and oxygen atoms in total. The summed E-state index contributed by atoms with van der Waals surface area (Å²) >= 11 is 3.09. The third-order valence-electron chi connectivity index (χ3n) is 1.90. The van der Waals surface area contributed by atoms with Crippen LogP contribution in [0.1, 0.15) is 20.8 Å². The van der Waals surface area contributed by atoms with E-state index in [1.165, 1.54) is 6.07 Å². The molecule has 0 aliphatic rings. The minimum Gasteiger partial charge on any atom is -0.397 e. The molecule has 0 atom stereocenters. The van der Waals surface area contributed by atoms with Crippen LogP contribution in [0.3, 0.4) is 0 Å². The Balaban J connectivity index is 2.82. The minimum absolute atomic E-state index is 0.135. The third-order valence-corrected chi connectivity index (χ3v) is 2.51. The first-order valence-electron chi connectivity index (χ1n) is 4.78. The predicted molar refractivity (Wildman–Crippen MR) is 66.5 cm³/mol. The fourth-order valence-electron chi connectivity index (χ4n) is 1.08. The molecule has 0 bridgehead atoms. The third kappa shape index (κ3) is 3.70. The summed E-state index contributed by atoms with van der Waals surface area (Å²) in [5, 5.41) is 3.14. The first-order valence-corrected chi connectivity index (χ1v) is 5.57. The summed E-state index contributed by atoms with van der Waals surface area (Å²) in [6.45, 7) is 7.06. The van der Waals surface area contributed by atoms with Gasteiger partial charge in [0.15, 0.2) is 0 Å². The lowest BCUT2D eigenvalue weighted by atomic mass is 9.97. The summed E-state index contributed by atoms with van der Waals surface area (Å²) < 4.78 is 13.6. The first-order chi connectivity index (χ1) is 6.79. The highest BCUT2D eigenvalue weighted by Crippen LogP contribution is 2.27. The van der Waals surface area contributed by atoms with Crippen LogP contribution in [0, 0.1) is 11.2 Å². The summed E-state index contributed by atoms with van der Waals surface area (Å²) in [4.78, 5) is 0. The number of benzene rings is 1. The highest BCUT2D eigenvalue weighted by atomic mass is 79.9. The molecule has 0 unspecified atom stereocenters. The second kappa shape index (κ2) is 4.39. The van der Waals surface area contributed by atoms with Gasteiger partial charge in [0.05, 0.1) is 15.8 Å². The van der Waals surface area contributed by atoms with Gasteiger partial charge >= 0.3 is 0 Å². The number of hydrogen-bond donors (Lipinski definition) is 2. The van der Waals surface area contributed by atoms with Crippen molar-refractivity contribution in [1.29, 1.82) is 0 Å². The van der Waals surface area contributed by atoms with E-state index in [4.69, 9.17) is 5.73 Å². The zero-order chi connectivity index (χ0) is 11.6. The van der Waals surface area contributed by atoms with Crippen LogP contribution >= 0.6 is 15.9 Å². The van der Waals surface area contributed by atoms with Crippen LogP contribution < -0.4 is 11.1 Å². The van der Waals surface area contributed by atoms with Crippen molar-refractivity contribution in [1.82, 2.24) is 0 Å². The van der Waals surface area contributed by atoms with E-state index in [1.807, 2.05) is 0 Å². The Morgan fingerprint density at radius 1 is 1.40 bits per heavy atom. The molecule has 1 rings (SSSR count). The first kappa shape index (κ1) is 12.3. The molecule has 0 aromatic heterocycles. The predicted octanol–water partition coefficient (Wildman–Crippen LogP) is 3.63. The minimum atomic E-state index is -0.305. The molecule has 84 valence electrons. The molecule has 0 amide bonds. The summed E-state index contributed by atoms with van der Waals surface area (Å²) in [5.74, 6) is -0.305. The number of halogens is 2. The molecule has 0 radical (unpaired) electrons. The summed E-state index contributed by atoms with van der Waals surface area (Å²) in [7, 11) is 0. The molecule has 1 aromatic rings. The van der Waals surface area contributed by atoms with Crippen LogP contribution in [0.4, 0.5) is 15.8 Å².